The zero-order valence-electron chi connectivity index (χ0n) is 11.4. The lowest BCUT2D eigenvalue weighted by atomic mass is 10.2. The van der Waals surface area contributed by atoms with Crippen molar-refractivity contribution in [2.75, 3.05) is 19.8 Å². The van der Waals surface area contributed by atoms with Crippen molar-refractivity contribution >= 4 is 10.0 Å². The molecule has 1 N–H and O–H groups in total. The lowest BCUT2D eigenvalue weighted by Gasteiger charge is -2.09. The molecule has 0 aliphatic rings. The normalized spacial score (nSPS) is 11.6. The monoisotopic (exact) mass is 300 g/mol. The number of hydrogen-bond donors (Lipinski definition) is 1. The van der Waals surface area contributed by atoms with E-state index in [1.807, 2.05) is 13.8 Å². The SMILES string of the molecule is CC(C)COCCNS(=O)(=O)c1ccc(F)c(C#N)c1. The Balaban J connectivity index is 2.63. The summed E-state index contributed by atoms with van der Waals surface area (Å²) in [5.41, 5.74) is -0.302. The molecule has 0 aromatic heterocycles. The van der Waals surface area contributed by atoms with E-state index in [1.54, 1.807) is 6.07 Å². The minimum atomic E-state index is -3.76. The summed E-state index contributed by atoms with van der Waals surface area (Å²) in [5, 5.41) is 8.68. The first-order valence-corrected chi connectivity index (χ1v) is 7.62. The second-order valence-electron chi connectivity index (χ2n) is 4.62. The van der Waals surface area contributed by atoms with E-state index in [1.165, 1.54) is 0 Å². The van der Waals surface area contributed by atoms with E-state index < -0.39 is 15.8 Å². The number of nitrogens with one attached hydrogen (secondary N) is 1. The molecule has 0 atom stereocenters. The van der Waals surface area contributed by atoms with Gasteiger partial charge in [-0.3, -0.25) is 0 Å². The standard InChI is InChI=1S/C13H17FN2O3S/c1-10(2)9-19-6-5-16-20(17,18)12-3-4-13(14)11(7-12)8-15/h3-4,7,10,16H,5-6,9H2,1-2H3. The summed E-state index contributed by atoms with van der Waals surface area (Å²) in [7, 11) is -3.76. The molecule has 1 aromatic rings. The van der Waals surface area contributed by atoms with Crippen LogP contribution in [0.1, 0.15) is 19.4 Å². The Kier molecular flexibility index (Phi) is 6.07. The van der Waals surface area contributed by atoms with Crippen molar-refractivity contribution in [1.29, 1.82) is 5.26 Å². The average Bonchev–Trinajstić information content (AvgIpc) is 2.38. The van der Waals surface area contributed by atoms with Gasteiger partial charge in [0.05, 0.1) is 17.1 Å². The Morgan fingerprint density at radius 1 is 1.45 bits per heavy atom. The number of benzene rings is 1. The number of sulfonamides is 1. The summed E-state index contributed by atoms with van der Waals surface area (Å²) in [5.74, 6) is -0.367. The van der Waals surface area contributed by atoms with E-state index >= 15 is 0 Å². The Morgan fingerprint density at radius 3 is 2.75 bits per heavy atom. The van der Waals surface area contributed by atoms with Gasteiger partial charge >= 0.3 is 0 Å². The smallest absolute Gasteiger partial charge is 0.240 e. The van der Waals surface area contributed by atoms with Crippen molar-refractivity contribution in [2.45, 2.75) is 18.7 Å². The lowest BCUT2D eigenvalue weighted by molar-refractivity contribution is 0.114. The first-order valence-electron chi connectivity index (χ1n) is 6.14. The number of nitriles is 1. The summed E-state index contributed by atoms with van der Waals surface area (Å²) < 4.78 is 44.5. The minimum absolute atomic E-state index is 0.119. The van der Waals surface area contributed by atoms with Gasteiger partial charge in [-0.05, 0) is 24.1 Å². The van der Waals surface area contributed by atoms with Crippen LogP contribution in [0.25, 0.3) is 0 Å². The van der Waals surface area contributed by atoms with Gasteiger partial charge in [-0.15, -0.1) is 0 Å². The third-order valence-electron chi connectivity index (χ3n) is 2.36. The van der Waals surface area contributed by atoms with Crippen LogP contribution in [-0.4, -0.2) is 28.2 Å². The number of halogens is 1. The fourth-order valence-electron chi connectivity index (χ4n) is 1.41. The predicted molar refractivity (Wildman–Crippen MR) is 72.0 cm³/mol. The van der Waals surface area contributed by atoms with Crippen LogP contribution in [0.2, 0.25) is 0 Å². The molecule has 0 aliphatic heterocycles. The van der Waals surface area contributed by atoms with Crippen LogP contribution in [0.4, 0.5) is 4.39 Å². The highest BCUT2D eigenvalue weighted by Crippen LogP contribution is 2.14. The summed E-state index contributed by atoms with van der Waals surface area (Å²) in [6.07, 6.45) is 0. The van der Waals surface area contributed by atoms with Crippen molar-refractivity contribution in [1.82, 2.24) is 4.72 Å². The molecule has 5 nitrogen and oxygen atoms in total. The van der Waals surface area contributed by atoms with Crippen molar-refractivity contribution < 1.29 is 17.5 Å². The third-order valence-corrected chi connectivity index (χ3v) is 3.82. The van der Waals surface area contributed by atoms with Gasteiger partial charge in [0, 0.05) is 13.2 Å². The summed E-state index contributed by atoms with van der Waals surface area (Å²) in [6, 6.07) is 4.69. The molecule has 0 fully saturated rings. The zero-order valence-corrected chi connectivity index (χ0v) is 12.2. The van der Waals surface area contributed by atoms with E-state index in [2.05, 4.69) is 4.72 Å². The van der Waals surface area contributed by atoms with Crippen LogP contribution in [0.5, 0.6) is 0 Å². The second-order valence-corrected chi connectivity index (χ2v) is 6.39. The van der Waals surface area contributed by atoms with Crippen LogP contribution in [0.15, 0.2) is 23.1 Å². The molecule has 1 aromatic carbocycles. The number of ether oxygens (including phenoxy) is 1. The molecule has 0 aliphatic carbocycles. The van der Waals surface area contributed by atoms with Crippen molar-refractivity contribution in [3.05, 3.63) is 29.6 Å². The molecular weight excluding hydrogens is 283 g/mol. The van der Waals surface area contributed by atoms with Crippen molar-refractivity contribution in [3.63, 3.8) is 0 Å². The second kappa shape index (κ2) is 7.33. The van der Waals surface area contributed by atoms with Crippen molar-refractivity contribution in [3.8, 4) is 6.07 Å². The Bertz CT molecular complexity index is 594. The molecule has 0 bridgehead atoms. The first kappa shape index (κ1) is 16.6. The third kappa shape index (κ3) is 4.89. The van der Waals surface area contributed by atoms with E-state index in [-0.39, 0.29) is 23.6 Å². The largest absolute Gasteiger partial charge is 0.380 e. The molecule has 0 saturated carbocycles. The first-order chi connectivity index (χ1) is 9.36. The Hall–Kier alpha value is -1.49. The summed E-state index contributed by atoms with van der Waals surface area (Å²) in [6.45, 7) is 4.91. The molecule has 0 heterocycles. The van der Waals surface area contributed by atoms with Gasteiger partial charge in [-0.1, -0.05) is 13.8 Å². The maximum Gasteiger partial charge on any atom is 0.240 e. The van der Waals surface area contributed by atoms with Crippen LogP contribution < -0.4 is 4.72 Å². The van der Waals surface area contributed by atoms with Gasteiger partial charge in [0.25, 0.3) is 0 Å². The highest BCUT2D eigenvalue weighted by atomic mass is 32.2. The van der Waals surface area contributed by atoms with Gasteiger partial charge in [-0.25, -0.2) is 17.5 Å². The van der Waals surface area contributed by atoms with Gasteiger partial charge < -0.3 is 4.74 Å². The topological polar surface area (TPSA) is 79.2 Å². The number of hydrogen-bond acceptors (Lipinski definition) is 4. The molecule has 0 radical (unpaired) electrons. The summed E-state index contributed by atoms with van der Waals surface area (Å²) in [4.78, 5) is -0.140. The maximum absolute atomic E-state index is 13.1. The van der Waals surface area contributed by atoms with Gasteiger partial charge in [0.1, 0.15) is 11.9 Å². The molecule has 110 valence electrons. The molecule has 0 amide bonds. The van der Waals surface area contributed by atoms with Gasteiger partial charge in [0.2, 0.25) is 10.0 Å². The van der Waals surface area contributed by atoms with Crippen LogP contribution in [-0.2, 0) is 14.8 Å². The number of rotatable bonds is 7. The van der Waals surface area contributed by atoms with Gasteiger partial charge in [0.15, 0.2) is 0 Å². The van der Waals surface area contributed by atoms with Crippen LogP contribution in [0.3, 0.4) is 0 Å². The molecule has 0 unspecified atom stereocenters. The lowest BCUT2D eigenvalue weighted by Crippen LogP contribution is -2.28. The van der Waals surface area contributed by atoms with E-state index in [0.717, 1.165) is 18.2 Å². The van der Waals surface area contributed by atoms with E-state index in [4.69, 9.17) is 10.00 Å². The van der Waals surface area contributed by atoms with Crippen LogP contribution in [0, 0.1) is 23.1 Å². The minimum Gasteiger partial charge on any atom is -0.380 e. The fraction of sp³-hybridized carbons (Fsp3) is 0.462. The Labute approximate surface area is 118 Å². The van der Waals surface area contributed by atoms with E-state index in [9.17, 15) is 12.8 Å². The van der Waals surface area contributed by atoms with Crippen molar-refractivity contribution in [2.24, 2.45) is 5.92 Å². The van der Waals surface area contributed by atoms with Crippen LogP contribution >= 0.6 is 0 Å². The summed E-state index contributed by atoms with van der Waals surface area (Å²) >= 11 is 0. The number of nitrogens with zero attached hydrogens (tertiary/aromatic N) is 1. The average molecular weight is 300 g/mol. The van der Waals surface area contributed by atoms with E-state index in [0.29, 0.717) is 12.5 Å². The highest BCUT2D eigenvalue weighted by Gasteiger charge is 2.15. The molecule has 0 saturated heterocycles. The molecule has 0 spiro atoms. The molecule has 7 heteroatoms. The molecule has 20 heavy (non-hydrogen) atoms. The maximum atomic E-state index is 13.1. The zero-order chi connectivity index (χ0) is 15.2. The highest BCUT2D eigenvalue weighted by molar-refractivity contribution is 7.89. The van der Waals surface area contributed by atoms with Gasteiger partial charge in [-0.2, -0.15) is 5.26 Å². The predicted octanol–water partition coefficient (Wildman–Crippen LogP) is 1.65. The molecular formula is C13H17FN2O3S. The molecule has 1 rings (SSSR count). The quantitative estimate of drug-likeness (QED) is 0.777. The Morgan fingerprint density at radius 2 is 2.15 bits per heavy atom. The fourth-order valence-corrected chi connectivity index (χ4v) is 2.45.